The normalized spacial score (nSPS) is 17.6. The second kappa shape index (κ2) is 4.99. The van der Waals surface area contributed by atoms with E-state index in [4.69, 9.17) is 4.42 Å². The highest BCUT2D eigenvalue weighted by molar-refractivity contribution is 6.06. The first kappa shape index (κ1) is 13.5. The summed E-state index contributed by atoms with van der Waals surface area (Å²) in [5.74, 6) is -1.20. The Balaban J connectivity index is 2.15. The Morgan fingerprint density at radius 1 is 1.32 bits per heavy atom. The quantitative estimate of drug-likeness (QED) is 0.842. The van der Waals surface area contributed by atoms with Gasteiger partial charge in [0.05, 0.1) is 17.7 Å². The van der Waals surface area contributed by atoms with Crippen LogP contribution in [0.5, 0.6) is 0 Å². The van der Waals surface area contributed by atoms with E-state index >= 15 is 0 Å². The molecule has 0 saturated heterocycles. The molecule has 0 radical (unpaired) electrons. The molecule has 102 valence electrons. The molecule has 1 aliphatic rings. The highest BCUT2D eigenvalue weighted by atomic mass is 16.3. The van der Waals surface area contributed by atoms with E-state index in [1.54, 1.807) is 19.9 Å². The molecular formula is C14H17NO4. The van der Waals surface area contributed by atoms with Crippen molar-refractivity contribution in [2.45, 2.75) is 38.6 Å². The average Bonchev–Trinajstić information content (AvgIpc) is 2.80. The molecule has 2 rings (SSSR count). The lowest BCUT2D eigenvalue weighted by Crippen LogP contribution is -2.55. The number of carbonyl (C=O) groups is 3. The summed E-state index contributed by atoms with van der Waals surface area (Å²) in [4.78, 5) is 35.8. The summed E-state index contributed by atoms with van der Waals surface area (Å²) < 4.78 is 5.00. The predicted molar refractivity (Wildman–Crippen MR) is 67.6 cm³/mol. The van der Waals surface area contributed by atoms with Crippen molar-refractivity contribution in [1.29, 1.82) is 0 Å². The molecule has 1 N–H and O–H groups in total. The molecule has 0 aromatic carbocycles. The molecule has 1 fully saturated rings. The van der Waals surface area contributed by atoms with Crippen LogP contribution in [0.3, 0.4) is 0 Å². The molecule has 5 nitrogen and oxygen atoms in total. The molecule has 1 heterocycles. The molecule has 1 amide bonds. The third kappa shape index (κ3) is 2.75. The Morgan fingerprint density at radius 2 is 1.95 bits per heavy atom. The maximum Gasteiger partial charge on any atom is 0.287 e. The zero-order valence-corrected chi connectivity index (χ0v) is 11.1. The topological polar surface area (TPSA) is 76.4 Å². The van der Waals surface area contributed by atoms with Gasteiger partial charge in [-0.3, -0.25) is 14.4 Å². The second-order valence-electron chi connectivity index (χ2n) is 5.37. The van der Waals surface area contributed by atoms with Gasteiger partial charge in [-0.05, 0) is 32.4 Å². The van der Waals surface area contributed by atoms with Gasteiger partial charge < -0.3 is 9.73 Å². The highest BCUT2D eigenvalue weighted by Crippen LogP contribution is 2.27. The van der Waals surface area contributed by atoms with Crippen LogP contribution in [0.15, 0.2) is 22.8 Å². The fourth-order valence-corrected chi connectivity index (χ4v) is 2.54. The molecule has 19 heavy (non-hydrogen) atoms. The smallest absolute Gasteiger partial charge is 0.287 e. The Kier molecular flexibility index (Phi) is 3.55. The average molecular weight is 263 g/mol. The number of Topliss-reactive ketones (excluding diaryl/α,β-unsaturated/α-hetero) is 2. The third-order valence-electron chi connectivity index (χ3n) is 3.39. The van der Waals surface area contributed by atoms with Crippen LogP contribution in [0.4, 0.5) is 0 Å². The lowest BCUT2D eigenvalue weighted by molar-refractivity contribution is -0.138. The van der Waals surface area contributed by atoms with E-state index in [9.17, 15) is 14.4 Å². The van der Waals surface area contributed by atoms with Crippen molar-refractivity contribution in [3.05, 3.63) is 24.2 Å². The lowest BCUT2D eigenvalue weighted by atomic mass is 9.75. The number of nitrogens with one attached hydrogen (secondary N) is 1. The van der Waals surface area contributed by atoms with Gasteiger partial charge in [-0.15, -0.1) is 0 Å². The Hall–Kier alpha value is -1.91. The van der Waals surface area contributed by atoms with E-state index in [0.29, 0.717) is 19.3 Å². The second-order valence-corrected chi connectivity index (χ2v) is 5.37. The summed E-state index contributed by atoms with van der Waals surface area (Å²) in [7, 11) is 0. The molecule has 1 saturated carbocycles. The molecule has 0 aliphatic heterocycles. The molecule has 1 aliphatic carbocycles. The zero-order chi connectivity index (χ0) is 14.0. The molecule has 1 aromatic heterocycles. The summed E-state index contributed by atoms with van der Waals surface area (Å²) >= 11 is 0. The summed E-state index contributed by atoms with van der Waals surface area (Å²) in [5, 5.41) is 2.71. The Bertz CT molecular complexity index is 486. The van der Waals surface area contributed by atoms with Crippen molar-refractivity contribution >= 4 is 17.5 Å². The number of carbonyl (C=O) groups excluding carboxylic acids is 3. The van der Waals surface area contributed by atoms with Gasteiger partial charge in [-0.2, -0.15) is 0 Å². The molecular weight excluding hydrogens is 246 g/mol. The Labute approximate surface area is 111 Å². The SMILES string of the molecule is CC(C)(NC(=O)c1ccco1)C1C(=O)CCCC1=O. The van der Waals surface area contributed by atoms with Crippen LogP contribution in [-0.4, -0.2) is 23.0 Å². The lowest BCUT2D eigenvalue weighted by Gasteiger charge is -2.35. The number of ketones is 2. The van der Waals surface area contributed by atoms with Crippen molar-refractivity contribution < 1.29 is 18.8 Å². The summed E-state index contributed by atoms with van der Waals surface area (Å²) in [6.07, 6.45) is 2.81. The maximum absolute atomic E-state index is 11.9. The van der Waals surface area contributed by atoms with Gasteiger partial charge in [-0.1, -0.05) is 0 Å². The Morgan fingerprint density at radius 3 is 2.47 bits per heavy atom. The van der Waals surface area contributed by atoms with Crippen molar-refractivity contribution in [2.75, 3.05) is 0 Å². The summed E-state index contributed by atoms with van der Waals surface area (Å²) in [5.41, 5.74) is -0.904. The van der Waals surface area contributed by atoms with E-state index in [1.165, 1.54) is 12.3 Å². The highest BCUT2D eigenvalue weighted by Gasteiger charge is 2.43. The first-order chi connectivity index (χ1) is 8.92. The van der Waals surface area contributed by atoms with Crippen LogP contribution >= 0.6 is 0 Å². The maximum atomic E-state index is 11.9. The van der Waals surface area contributed by atoms with E-state index in [1.807, 2.05) is 0 Å². The third-order valence-corrected chi connectivity index (χ3v) is 3.39. The zero-order valence-electron chi connectivity index (χ0n) is 11.1. The van der Waals surface area contributed by atoms with Gasteiger partial charge in [0.15, 0.2) is 5.76 Å². The van der Waals surface area contributed by atoms with Crippen molar-refractivity contribution in [2.24, 2.45) is 5.92 Å². The van der Waals surface area contributed by atoms with Gasteiger partial charge in [0.25, 0.3) is 5.91 Å². The van der Waals surface area contributed by atoms with Gasteiger partial charge in [-0.25, -0.2) is 0 Å². The van der Waals surface area contributed by atoms with Crippen LogP contribution in [0.25, 0.3) is 0 Å². The fourth-order valence-electron chi connectivity index (χ4n) is 2.54. The fraction of sp³-hybridized carbons (Fsp3) is 0.500. The molecule has 0 bridgehead atoms. The summed E-state index contributed by atoms with van der Waals surface area (Å²) in [6, 6.07) is 3.15. The first-order valence-corrected chi connectivity index (χ1v) is 6.33. The first-order valence-electron chi connectivity index (χ1n) is 6.33. The van der Waals surface area contributed by atoms with Crippen LogP contribution in [0.2, 0.25) is 0 Å². The van der Waals surface area contributed by atoms with E-state index in [0.717, 1.165) is 0 Å². The number of furan rings is 1. The van der Waals surface area contributed by atoms with E-state index in [2.05, 4.69) is 5.32 Å². The molecule has 0 spiro atoms. The molecule has 5 heteroatoms. The number of amides is 1. The predicted octanol–water partition coefficient (Wildman–Crippen LogP) is 1.73. The van der Waals surface area contributed by atoms with Crippen molar-refractivity contribution in [3.63, 3.8) is 0 Å². The van der Waals surface area contributed by atoms with Gasteiger partial charge in [0.1, 0.15) is 11.6 Å². The van der Waals surface area contributed by atoms with Gasteiger partial charge in [0, 0.05) is 12.8 Å². The number of hydrogen-bond acceptors (Lipinski definition) is 4. The van der Waals surface area contributed by atoms with Crippen LogP contribution in [0, 0.1) is 5.92 Å². The minimum atomic E-state index is -0.904. The van der Waals surface area contributed by atoms with Crippen molar-refractivity contribution in [1.82, 2.24) is 5.32 Å². The van der Waals surface area contributed by atoms with E-state index in [-0.39, 0.29) is 17.3 Å². The molecule has 0 atom stereocenters. The minimum absolute atomic E-state index is 0.0963. The standard InChI is InChI=1S/C14H17NO4/c1-14(2,12-9(16)5-3-6-10(12)17)15-13(18)11-7-4-8-19-11/h4,7-8,12H,3,5-6H2,1-2H3,(H,15,18). The minimum Gasteiger partial charge on any atom is -0.459 e. The number of rotatable bonds is 3. The van der Waals surface area contributed by atoms with Gasteiger partial charge in [0.2, 0.25) is 0 Å². The monoisotopic (exact) mass is 263 g/mol. The van der Waals surface area contributed by atoms with Crippen LogP contribution in [0.1, 0.15) is 43.7 Å². The molecule has 0 unspecified atom stereocenters. The van der Waals surface area contributed by atoms with E-state index < -0.39 is 17.4 Å². The number of hydrogen-bond donors (Lipinski definition) is 1. The summed E-state index contributed by atoms with van der Waals surface area (Å²) in [6.45, 7) is 3.39. The van der Waals surface area contributed by atoms with Crippen LogP contribution in [-0.2, 0) is 9.59 Å². The van der Waals surface area contributed by atoms with Crippen molar-refractivity contribution in [3.8, 4) is 0 Å². The van der Waals surface area contributed by atoms with Crippen LogP contribution < -0.4 is 5.32 Å². The molecule has 1 aromatic rings. The largest absolute Gasteiger partial charge is 0.459 e. The van der Waals surface area contributed by atoms with Gasteiger partial charge >= 0.3 is 0 Å².